The predicted octanol–water partition coefficient (Wildman–Crippen LogP) is 0.962. The highest BCUT2D eigenvalue weighted by Crippen LogP contribution is 2.13. The molecule has 0 aromatic heterocycles. The summed E-state index contributed by atoms with van der Waals surface area (Å²) in [6, 6.07) is 6.91. The minimum Gasteiger partial charge on any atom is -0.493 e. The molecule has 0 saturated carbocycles. The summed E-state index contributed by atoms with van der Waals surface area (Å²) in [6.07, 6.45) is -0.492. The average molecular weight is 239 g/mol. The molecule has 5 heteroatoms. The molecule has 0 saturated heterocycles. The molecule has 0 fully saturated rings. The first-order chi connectivity index (χ1) is 8.08. The van der Waals surface area contributed by atoms with Crippen LogP contribution < -0.4 is 10.5 Å². The Balaban J connectivity index is 2.19. The zero-order valence-electron chi connectivity index (χ0n) is 9.76. The second kappa shape index (κ2) is 6.75. The lowest BCUT2D eigenvalue weighted by Gasteiger charge is -2.08. The van der Waals surface area contributed by atoms with Crippen molar-refractivity contribution >= 4 is 11.7 Å². The van der Waals surface area contributed by atoms with Gasteiger partial charge in [0.1, 0.15) is 12.4 Å². The lowest BCUT2D eigenvalue weighted by Crippen LogP contribution is -2.16. The maximum atomic E-state index is 11.2. The van der Waals surface area contributed by atoms with E-state index in [1.165, 1.54) is 0 Å². The summed E-state index contributed by atoms with van der Waals surface area (Å²) in [5.74, 6) is 0.267. The summed E-state index contributed by atoms with van der Waals surface area (Å²) in [7, 11) is 0. The third kappa shape index (κ3) is 5.77. The summed E-state index contributed by atoms with van der Waals surface area (Å²) in [5, 5.41) is 8.91. The van der Waals surface area contributed by atoms with Crippen molar-refractivity contribution in [3.63, 3.8) is 0 Å². The van der Waals surface area contributed by atoms with Gasteiger partial charge in [-0.25, -0.2) is 0 Å². The van der Waals surface area contributed by atoms with E-state index in [2.05, 4.69) is 0 Å². The van der Waals surface area contributed by atoms with E-state index in [0.717, 1.165) is 0 Å². The van der Waals surface area contributed by atoms with Crippen LogP contribution in [0, 0.1) is 0 Å². The van der Waals surface area contributed by atoms with E-state index in [1.807, 2.05) is 0 Å². The Kier molecular flexibility index (Phi) is 5.29. The number of nitrogen functional groups attached to an aromatic ring is 1. The van der Waals surface area contributed by atoms with Gasteiger partial charge in [0.05, 0.1) is 19.1 Å². The molecular formula is C12H17NO4. The smallest absolute Gasteiger partial charge is 0.309 e. The van der Waals surface area contributed by atoms with E-state index in [1.54, 1.807) is 31.2 Å². The molecule has 3 N–H and O–H groups in total. The van der Waals surface area contributed by atoms with Gasteiger partial charge < -0.3 is 20.3 Å². The van der Waals surface area contributed by atoms with E-state index < -0.39 is 6.10 Å². The summed E-state index contributed by atoms with van der Waals surface area (Å²) in [4.78, 5) is 11.2. The Labute approximate surface area is 100 Å². The number of ether oxygens (including phenoxy) is 2. The SMILES string of the molecule is CC(O)COC(=O)CCOc1ccc(N)cc1. The third-order valence-corrected chi connectivity index (χ3v) is 1.94. The zero-order valence-corrected chi connectivity index (χ0v) is 9.76. The first-order valence-corrected chi connectivity index (χ1v) is 5.40. The molecule has 5 nitrogen and oxygen atoms in total. The highest BCUT2D eigenvalue weighted by atomic mass is 16.5. The van der Waals surface area contributed by atoms with Crippen LogP contribution in [0.2, 0.25) is 0 Å². The molecule has 0 radical (unpaired) electrons. The van der Waals surface area contributed by atoms with E-state index in [9.17, 15) is 4.79 Å². The van der Waals surface area contributed by atoms with Crippen LogP contribution >= 0.6 is 0 Å². The maximum Gasteiger partial charge on any atom is 0.309 e. The largest absolute Gasteiger partial charge is 0.493 e. The van der Waals surface area contributed by atoms with Crippen LogP contribution in [-0.2, 0) is 9.53 Å². The van der Waals surface area contributed by atoms with Crippen molar-refractivity contribution < 1.29 is 19.4 Å². The Morgan fingerprint density at radius 2 is 2.06 bits per heavy atom. The van der Waals surface area contributed by atoms with Gasteiger partial charge in [0.25, 0.3) is 0 Å². The van der Waals surface area contributed by atoms with Crippen molar-refractivity contribution in [1.82, 2.24) is 0 Å². The van der Waals surface area contributed by atoms with Crippen molar-refractivity contribution in [2.75, 3.05) is 18.9 Å². The number of hydrogen-bond acceptors (Lipinski definition) is 5. The quantitative estimate of drug-likeness (QED) is 0.571. The molecule has 1 unspecified atom stereocenters. The van der Waals surface area contributed by atoms with Gasteiger partial charge in [0, 0.05) is 5.69 Å². The number of anilines is 1. The Morgan fingerprint density at radius 3 is 2.65 bits per heavy atom. The van der Waals surface area contributed by atoms with Gasteiger partial charge in [-0.05, 0) is 31.2 Å². The van der Waals surface area contributed by atoms with Gasteiger partial charge in [0.15, 0.2) is 0 Å². The maximum absolute atomic E-state index is 11.2. The molecule has 1 aromatic rings. The highest BCUT2D eigenvalue weighted by Gasteiger charge is 2.05. The van der Waals surface area contributed by atoms with Crippen LogP contribution in [0.3, 0.4) is 0 Å². The van der Waals surface area contributed by atoms with Crippen LogP contribution in [0.1, 0.15) is 13.3 Å². The normalized spacial score (nSPS) is 11.9. The molecule has 0 heterocycles. The summed E-state index contributed by atoms with van der Waals surface area (Å²) in [5.41, 5.74) is 6.18. The number of esters is 1. The van der Waals surface area contributed by atoms with Crippen molar-refractivity contribution in [2.45, 2.75) is 19.4 Å². The molecular weight excluding hydrogens is 222 g/mol. The molecule has 0 aliphatic rings. The van der Waals surface area contributed by atoms with E-state index in [4.69, 9.17) is 20.3 Å². The van der Waals surface area contributed by atoms with Gasteiger partial charge in [-0.3, -0.25) is 4.79 Å². The second-order valence-corrected chi connectivity index (χ2v) is 3.70. The summed E-state index contributed by atoms with van der Waals surface area (Å²) in [6.45, 7) is 1.81. The van der Waals surface area contributed by atoms with E-state index >= 15 is 0 Å². The second-order valence-electron chi connectivity index (χ2n) is 3.70. The first-order valence-electron chi connectivity index (χ1n) is 5.40. The van der Waals surface area contributed by atoms with Gasteiger partial charge in [-0.2, -0.15) is 0 Å². The van der Waals surface area contributed by atoms with Crippen molar-refractivity contribution in [3.05, 3.63) is 24.3 Å². The van der Waals surface area contributed by atoms with Crippen LogP contribution in [0.5, 0.6) is 5.75 Å². The van der Waals surface area contributed by atoms with Crippen LogP contribution in [0.4, 0.5) is 5.69 Å². The van der Waals surface area contributed by atoms with Crippen molar-refractivity contribution in [2.24, 2.45) is 0 Å². The molecule has 1 aromatic carbocycles. The summed E-state index contributed by atoms with van der Waals surface area (Å²) >= 11 is 0. The molecule has 17 heavy (non-hydrogen) atoms. The van der Waals surface area contributed by atoms with Crippen molar-refractivity contribution in [1.29, 1.82) is 0 Å². The monoisotopic (exact) mass is 239 g/mol. The Bertz CT molecular complexity index is 348. The third-order valence-electron chi connectivity index (χ3n) is 1.94. The number of aliphatic hydroxyl groups is 1. The standard InChI is InChI=1S/C12H17NO4/c1-9(14)8-17-12(15)6-7-16-11-4-2-10(13)3-5-11/h2-5,9,14H,6-8,13H2,1H3. The molecule has 1 rings (SSSR count). The molecule has 0 aliphatic heterocycles. The van der Waals surface area contributed by atoms with Crippen LogP contribution in [-0.4, -0.2) is 30.4 Å². The fourth-order valence-corrected chi connectivity index (χ4v) is 1.10. The Morgan fingerprint density at radius 1 is 1.41 bits per heavy atom. The average Bonchev–Trinajstić information content (AvgIpc) is 2.29. The molecule has 0 bridgehead atoms. The molecule has 0 amide bonds. The Hall–Kier alpha value is -1.75. The fraction of sp³-hybridized carbons (Fsp3) is 0.417. The van der Waals surface area contributed by atoms with Gasteiger partial charge >= 0.3 is 5.97 Å². The lowest BCUT2D eigenvalue weighted by molar-refractivity contribution is -0.146. The van der Waals surface area contributed by atoms with Gasteiger partial charge in [-0.15, -0.1) is 0 Å². The van der Waals surface area contributed by atoms with Gasteiger partial charge in [0.2, 0.25) is 0 Å². The highest BCUT2D eigenvalue weighted by molar-refractivity contribution is 5.69. The zero-order chi connectivity index (χ0) is 12.7. The number of carbonyl (C=O) groups excluding carboxylic acids is 1. The number of carbonyl (C=O) groups is 1. The number of rotatable bonds is 6. The first kappa shape index (κ1) is 13.3. The van der Waals surface area contributed by atoms with E-state index in [-0.39, 0.29) is 25.6 Å². The minimum absolute atomic E-state index is 0.0146. The number of hydrogen-bond donors (Lipinski definition) is 2. The number of nitrogens with two attached hydrogens (primary N) is 1. The molecule has 0 aliphatic carbocycles. The topological polar surface area (TPSA) is 81.8 Å². The predicted molar refractivity (Wildman–Crippen MR) is 63.6 cm³/mol. The lowest BCUT2D eigenvalue weighted by atomic mass is 10.3. The number of benzene rings is 1. The molecule has 0 spiro atoms. The fourth-order valence-electron chi connectivity index (χ4n) is 1.10. The van der Waals surface area contributed by atoms with E-state index in [0.29, 0.717) is 11.4 Å². The molecule has 1 atom stereocenters. The number of aliphatic hydroxyl groups excluding tert-OH is 1. The van der Waals surface area contributed by atoms with Crippen LogP contribution in [0.25, 0.3) is 0 Å². The van der Waals surface area contributed by atoms with Crippen LogP contribution in [0.15, 0.2) is 24.3 Å². The minimum atomic E-state index is -0.642. The van der Waals surface area contributed by atoms with Crippen molar-refractivity contribution in [3.8, 4) is 5.75 Å². The molecule has 94 valence electrons. The van der Waals surface area contributed by atoms with Gasteiger partial charge in [-0.1, -0.05) is 0 Å². The summed E-state index contributed by atoms with van der Waals surface area (Å²) < 4.78 is 10.1.